The minimum absolute atomic E-state index is 0.0149. The van der Waals surface area contributed by atoms with Crippen LogP contribution in [0.5, 0.6) is 0 Å². The van der Waals surface area contributed by atoms with Crippen LogP contribution in [0.4, 0.5) is 8.78 Å². The van der Waals surface area contributed by atoms with E-state index in [1.54, 1.807) is 35.4 Å². The van der Waals surface area contributed by atoms with Crippen molar-refractivity contribution in [1.29, 1.82) is 0 Å². The molecule has 2 aliphatic rings. The van der Waals surface area contributed by atoms with Crippen LogP contribution in [0.1, 0.15) is 48.9 Å². The lowest BCUT2D eigenvalue weighted by atomic mass is 9.82. The zero-order valence-electron chi connectivity index (χ0n) is 23.8. The summed E-state index contributed by atoms with van der Waals surface area (Å²) in [5, 5.41) is 0.620. The second-order valence-corrected chi connectivity index (χ2v) is 11.3. The van der Waals surface area contributed by atoms with Crippen molar-refractivity contribution in [1.82, 2.24) is 9.80 Å². The van der Waals surface area contributed by atoms with E-state index in [2.05, 4.69) is 11.8 Å². The maximum absolute atomic E-state index is 14.1. The number of aliphatic imine (C=N–C) groups is 1. The molecule has 6 rings (SSSR count). The summed E-state index contributed by atoms with van der Waals surface area (Å²) in [6, 6.07) is 17.3. The fraction of sp³-hybridized carbons (Fsp3) is 0.324. The van der Waals surface area contributed by atoms with Crippen molar-refractivity contribution in [2.24, 2.45) is 10.9 Å². The molecule has 1 aromatic heterocycles. The lowest BCUT2D eigenvalue weighted by molar-refractivity contribution is -0.130. The van der Waals surface area contributed by atoms with Gasteiger partial charge in [0.2, 0.25) is 0 Å². The smallest absolute Gasteiger partial charge is 0.265 e. The summed E-state index contributed by atoms with van der Waals surface area (Å²) in [4.78, 5) is 36.2. The molecule has 0 bridgehead atoms. The second-order valence-electron chi connectivity index (χ2n) is 11.3. The van der Waals surface area contributed by atoms with Gasteiger partial charge in [0.25, 0.3) is 5.91 Å². The van der Waals surface area contributed by atoms with Crippen molar-refractivity contribution in [3.63, 3.8) is 0 Å². The molecule has 1 fully saturated rings. The average molecular weight is 570 g/mol. The molecule has 0 atom stereocenters. The molecule has 0 radical (unpaired) electrons. The molecule has 42 heavy (non-hydrogen) atoms. The molecule has 8 heteroatoms. The number of hydrogen-bond acceptors (Lipinski definition) is 5. The van der Waals surface area contributed by atoms with Crippen LogP contribution in [0, 0.1) is 17.6 Å². The Morgan fingerprint density at radius 1 is 0.929 bits per heavy atom. The number of carbonyl (C=O) groups is 1. The summed E-state index contributed by atoms with van der Waals surface area (Å²) < 4.78 is 33.4. The topological polar surface area (TPSA) is 66.1 Å². The molecule has 216 valence electrons. The van der Waals surface area contributed by atoms with Gasteiger partial charge in [0.1, 0.15) is 23.1 Å². The Kier molecular flexibility index (Phi) is 7.49. The fourth-order valence-corrected chi connectivity index (χ4v) is 6.21. The van der Waals surface area contributed by atoms with Crippen molar-refractivity contribution in [2.75, 3.05) is 19.6 Å². The molecule has 1 saturated heterocycles. The van der Waals surface area contributed by atoms with E-state index in [0.29, 0.717) is 46.6 Å². The summed E-state index contributed by atoms with van der Waals surface area (Å²) in [5.74, 6) is -0.213. The Balaban J connectivity index is 1.17. The number of hydrogen-bond donors (Lipinski definition) is 0. The highest BCUT2D eigenvalue weighted by Gasteiger charge is 2.50. The molecular formula is C34H33F2N3O3. The summed E-state index contributed by atoms with van der Waals surface area (Å²) in [7, 11) is 0. The maximum atomic E-state index is 14.1. The number of rotatable bonds is 7. The molecular weight excluding hydrogens is 536 g/mol. The third-order valence-electron chi connectivity index (χ3n) is 8.66. The van der Waals surface area contributed by atoms with Gasteiger partial charge in [-0.25, -0.2) is 13.8 Å². The molecule has 3 aromatic carbocycles. The number of fused-ring (bicyclic) bond motifs is 1. The maximum Gasteiger partial charge on any atom is 0.265 e. The number of likely N-dealkylation sites (tertiary alicyclic amines) is 1. The Morgan fingerprint density at radius 2 is 1.55 bits per heavy atom. The van der Waals surface area contributed by atoms with Crippen molar-refractivity contribution < 1.29 is 18.0 Å². The van der Waals surface area contributed by atoms with E-state index in [4.69, 9.17) is 9.41 Å². The predicted octanol–water partition coefficient (Wildman–Crippen LogP) is 6.05. The van der Waals surface area contributed by atoms with E-state index in [9.17, 15) is 18.4 Å². The molecule has 3 heterocycles. The minimum Gasteiger partial charge on any atom is -0.464 e. The molecule has 4 aromatic rings. The van der Waals surface area contributed by atoms with Crippen LogP contribution in [0.25, 0.3) is 11.0 Å². The predicted molar refractivity (Wildman–Crippen MR) is 158 cm³/mol. The van der Waals surface area contributed by atoms with Crippen LogP contribution in [0.15, 0.2) is 87.2 Å². The first-order valence-corrected chi connectivity index (χ1v) is 14.4. The first-order chi connectivity index (χ1) is 20.3. The van der Waals surface area contributed by atoms with Crippen LogP contribution in [-0.4, -0.2) is 41.2 Å². The fourth-order valence-electron chi connectivity index (χ4n) is 6.21. The number of carbonyl (C=O) groups excluding carboxylic acids is 1. The van der Waals surface area contributed by atoms with Gasteiger partial charge in [-0.15, -0.1) is 0 Å². The standard InChI is InChI=1S/C34H33F2N3O3/c1-3-23-4-13-31-30(18-23)32(40)25(21-42-31)20-38-16-14-24(15-17-38)19-39-22(2)37-34(33(39)41,26-5-9-28(35)10-6-26)27-7-11-29(36)12-8-27/h4-13,18,21,24H,3,14-17,19-20H2,1-2H3. The van der Waals surface area contributed by atoms with E-state index < -0.39 is 17.2 Å². The van der Waals surface area contributed by atoms with E-state index in [0.717, 1.165) is 37.9 Å². The molecule has 6 nitrogen and oxygen atoms in total. The van der Waals surface area contributed by atoms with Crippen LogP contribution in [0.2, 0.25) is 0 Å². The molecule has 0 unspecified atom stereocenters. The molecule has 0 aliphatic carbocycles. The number of piperidine rings is 1. The highest BCUT2D eigenvalue weighted by Crippen LogP contribution is 2.41. The molecule has 2 aliphatic heterocycles. The third kappa shape index (κ3) is 5.04. The monoisotopic (exact) mass is 569 g/mol. The number of nitrogens with zero attached hydrogens (tertiary/aromatic N) is 3. The Hall–Kier alpha value is -4.17. The third-order valence-corrected chi connectivity index (χ3v) is 8.66. The first kappa shape index (κ1) is 28.0. The largest absolute Gasteiger partial charge is 0.464 e. The van der Waals surface area contributed by atoms with Crippen molar-refractivity contribution in [3.8, 4) is 0 Å². The van der Waals surface area contributed by atoms with Gasteiger partial charge in [0.15, 0.2) is 11.0 Å². The zero-order valence-corrected chi connectivity index (χ0v) is 23.8. The SMILES string of the molecule is CCc1ccc2occ(CN3CCC(CN4C(=O)C(c5ccc(F)cc5)(c5ccc(F)cc5)N=C4C)CC3)c(=O)c2c1. The number of halogens is 2. The average Bonchev–Trinajstić information content (AvgIpc) is 3.25. The molecule has 0 spiro atoms. The molecule has 0 N–H and O–H groups in total. The summed E-state index contributed by atoms with van der Waals surface area (Å²) in [5.41, 5.74) is 2.05. The lowest BCUT2D eigenvalue weighted by Gasteiger charge is -2.34. The molecule has 0 saturated carbocycles. The van der Waals surface area contributed by atoms with Gasteiger partial charge in [-0.1, -0.05) is 37.3 Å². The van der Waals surface area contributed by atoms with E-state index >= 15 is 0 Å². The Labute approximate surface area is 243 Å². The lowest BCUT2D eigenvalue weighted by Crippen LogP contribution is -2.45. The van der Waals surface area contributed by atoms with Gasteiger partial charge in [0, 0.05) is 18.7 Å². The van der Waals surface area contributed by atoms with Crippen LogP contribution in [0.3, 0.4) is 0 Å². The highest BCUT2D eigenvalue weighted by molar-refractivity contribution is 6.09. The van der Waals surface area contributed by atoms with Crippen LogP contribution in [-0.2, 0) is 23.3 Å². The quantitative estimate of drug-likeness (QED) is 0.272. The van der Waals surface area contributed by atoms with E-state index in [1.807, 2.05) is 25.1 Å². The summed E-state index contributed by atoms with van der Waals surface area (Å²) >= 11 is 0. The van der Waals surface area contributed by atoms with Gasteiger partial charge in [-0.3, -0.25) is 19.4 Å². The highest BCUT2D eigenvalue weighted by atomic mass is 19.1. The first-order valence-electron chi connectivity index (χ1n) is 14.4. The Bertz CT molecular complexity index is 1660. The van der Waals surface area contributed by atoms with Gasteiger partial charge >= 0.3 is 0 Å². The summed E-state index contributed by atoms with van der Waals surface area (Å²) in [6.45, 7) is 6.47. The van der Waals surface area contributed by atoms with Crippen molar-refractivity contribution in [2.45, 2.75) is 45.2 Å². The zero-order chi connectivity index (χ0) is 29.4. The van der Waals surface area contributed by atoms with Gasteiger partial charge < -0.3 is 4.42 Å². The van der Waals surface area contributed by atoms with Gasteiger partial charge in [-0.2, -0.15) is 0 Å². The van der Waals surface area contributed by atoms with Gasteiger partial charge in [0.05, 0.1) is 11.6 Å². The minimum atomic E-state index is -1.39. The number of amides is 1. The van der Waals surface area contributed by atoms with E-state index in [-0.39, 0.29) is 17.3 Å². The number of benzene rings is 3. The number of amidine groups is 1. The second kappa shape index (κ2) is 11.2. The van der Waals surface area contributed by atoms with Gasteiger partial charge in [-0.05, 0) is 98.3 Å². The van der Waals surface area contributed by atoms with E-state index in [1.165, 1.54) is 24.3 Å². The van der Waals surface area contributed by atoms with Crippen molar-refractivity contribution >= 4 is 22.7 Å². The van der Waals surface area contributed by atoms with Crippen LogP contribution >= 0.6 is 0 Å². The number of aryl methyl sites for hydroxylation is 1. The van der Waals surface area contributed by atoms with Crippen molar-refractivity contribution in [3.05, 3.63) is 117 Å². The van der Waals surface area contributed by atoms with Crippen LogP contribution < -0.4 is 5.43 Å². The normalized spacial score (nSPS) is 17.7. The molecule has 1 amide bonds. The summed E-state index contributed by atoms with van der Waals surface area (Å²) in [6.07, 6.45) is 4.15. The Morgan fingerprint density at radius 3 is 2.14 bits per heavy atom.